The molecule has 8 aromatic carbocycles. The lowest BCUT2D eigenvalue weighted by Gasteiger charge is -2.34. The molecule has 31 heteroatoms. The first-order valence-electron chi connectivity index (χ1n) is 49.5. The van der Waals surface area contributed by atoms with Crippen LogP contribution in [-0.2, 0) is 32.0 Å². The molecule has 0 N–H and O–H groups in total. The number of methoxy groups -OCH3 is 3. The molecule has 16 aromatic rings. The van der Waals surface area contributed by atoms with Crippen molar-refractivity contribution < 1.29 is 69.9 Å². The van der Waals surface area contributed by atoms with E-state index in [1.807, 2.05) is 141 Å². The Morgan fingerprint density at radius 1 is 0.367 bits per heavy atom. The minimum absolute atomic E-state index is 0. The normalized spacial score (nSPS) is 15.1. The number of likely N-dealkylation sites (tertiary alicyclic amines) is 4. The van der Waals surface area contributed by atoms with Gasteiger partial charge in [-0.1, -0.05) is 90.1 Å². The Balaban J connectivity index is 0.000000149. The maximum Gasteiger partial charge on any atom is 0.299 e. The van der Waals surface area contributed by atoms with Crippen molar-refractivity contribution >= 4 is 45.7 Å². The first-order valence-corrected chi connectivity index (χ1v) is 49.5. The van der Waals surface area contributed by atoms with Gasteiger partial charge < -0.3 is 52.8 Å². The van der Waals surface area contributed by atoms with Crippen LogP contribution >= 0.6 is 0 Å². The van der Waals surface area contributed by atoms with Crippen LogP contribution in [0.5, 0.6) is 63.4 Å². The van der Waals surface area contributed by atoms with Crippen LogP contribution in [0.4, 0.5) is 17.6 Å². The predicted octanol–water partition coefficient (Wildman–Crippen LogP) is 25.5. The number of rotatable bonds is 23. The number of aromatic nitrogens is 12. The van der Waals surface area contributed by atoms with E-state index in [9.17, 15) is 36.7 Å². The molecule has 0 aliphatic carbocycles. The Hall–Kier alpha value is -17.0. The van der Waals surface area contributed by atoms with Crippen LogP contribution in [0, 0.1) is 81.6 Å². The summed E-state index contributed by atoms with van der Waals surface area (Å²) in [6, 6.07) is 48.7. The van der Waals surface area contributed by atoms with Gasteiger partial charge in [-0.25, -0.2) is 28.7 Å². The number of hydrogen-bond acceptors (Lipinski definition) is 19. The Kier molecular flexibility index (Phi) is 34.4. The van der Waals surface area contributed by atoms with Gasteiger partial charge in [0.05, 0.1) is 120 Å². The summed E-state index contributed by atoms with van der Waals surface area (Å²) >= 11 is 0. The summed E-state index contributed by atoms with van der Waals surface area (Å²) in [4.78, 5) is 96.3. The maximum absolute atomic E-state index is 14.7. The number of nitrogens with zero attached hydrogens (tertiary/aromatic N) is 16. The Morgan fingerprint density at radius 2 is 0.680 bits per heavy atom. The molecule has 4 fully saturated rings. The molecule has 4 amide bonds. The van der Waals surface area contributed by atoms with Gasteiger partial charge in [0, 0.05) is 84.1 Å². The highest BCUT2D eigenvalue weighted by atomic mass is 19.1. The number of benzene rings is 8. The van der Waals surface area contributed by atoms with Crippen LogP contribution in [-0.4, -0.2) is 148 Å². The first kappa shape index (κ1) is 107. The largest absolute Gasteiger partial charge is 0.494 e. The summed E-state index contributed by atoms with van der Waals surface area (Å²) in [5.41, 5.74) is 15.7. The molecular weight excluding hydrogens is 1910 g/mol. The van der Waals surface area contributed by atoms with E-state index < -0.39 is 11.6 Å². The molecule has 4 saturated heterocycles. The fraction of sp³-hybridized carbons (Fsp3) is 0.294. The van der Waals surface area contributed by atoms with Crippen molar-refractivity contribution in [2.75, 3.05) is 47.5 Å². The van der Waals surface area contributed by atoms with Gasteiger partial charge in [-0.15, -0.1) is 0 Å². The van der Waals surface area contributed by atoms with E-state index >= 15 is 0 Å². The SMILES string of the molecule is C.C.C=CC(=O)N1CCCC[C@H]1c1nc(-c2ccc(Oc3cccc(CC)c3F)cc2)c2c(C)ncc(C)n12.C=CC(=O)N1CCC[C@H]1c1nc(-c2ccc(Oc3cccc(CC)c3F)cc2)c2cncc(OC)n12.CC#CC(=O)N1CCCC[C@H]1c1nc(-c2ccc(Oc3cccc(OC)c3F)cc2)c2c(C)ncc(C)n12.CC#CC(=O)N1CCCC[C@H]1c1nc(-c2ccc(Oc3cccc(OC)c3F)cc2)c2cncc(C)n12. The molecule has 0 saturated carbocycles. The number of carbonyl (C=O) groups excluding carboxylic acids is 4. The molecule has 150 heavy (non-hydrogen) atoms. The zero-order valence-corrected chi connectivity index (χ0v) is 84.7. The van der Waals surface area contributed by atoms with Gasteiger partial charge in [0.15, 0.2) is 46.1 Å². The second-order valence-electron chi connectivity index (χ2n) is 36.2. The second kappa shape index (κ2) is 48.1. The Bertz CT molecular complexity index is 7820. The number of hydrogen-bond donors (Lipinski definition) is 0. The predicted molar refractivity (Wildman–Crippen MR) is 571 cm³/mol. The van der Waals surface area contributed by atoms with E-state index in [1.54, 1.807) is 160 Å². The summed E-state index contributed by atoms with van der Waals surface area (Å²) in [6.07, 6.45) is 24.6. The van der Waals surface area contributed by atoms with E-state index in [0.717, 1.165) is 178 Å². The number of halogens is 4. The highest BCUT2D eigenvalue weighted by Gasteiger charge is 2.39. The molecule has 4 atom stereocenters. The van der Waals surface area contributed by atoms with Gasteiger partial charge in [-0.05, 0) is 301 Å². The molecule has 772 valence electrons. The zero-order valence-electron chi connectivity index (χ0n) is 84.7. The molecule has 12 heterocycles. The van der Waals surface area contributed by atoms with Crippen molar-refractivity contribution in [3.8, 4) is 132 Å². The number of aryl methyl sites for hydroxylation is 7. The van der Waals surface area contributed by atoms with Crippen molar-refractivity contribution in [1.82, 2.24) is 77.1 Å². The molecule has 20 rings (SSSR count). The van der Waals surface area contributed by atoms with Gasteiger partial charge in [-0.2, -0.15) is 8.78 Å². The molecule has 8 aromatic heterocycles. The molecule has 0 unspecified atom stereocenters. The summed E-state index contributed by atoms with van der Waals surface area (Å²) in [5, 5.41) is 0. The fourth-order valence-electron chi connectivity index (χ4n) is 19.7. The van der Waals surface area contributed by atoms with Gasteiger partial charge in [-0.3, -0.25) is 56.7 Å². The lowest BCUT2D eigenvalue weighted by atomic mass is 10.0. The van der Waals surface area contributed by atoms with Crippen LogP contribution in [0.2, 0.25) is 0 Å². The number of fused-ring (bicyclic) bond motifs is 4. The molecular formula is C119H122F4N16O11. The molecule has 4 aliphatic rings. The maximum atomic E-state index is 14.7. The van der Waals surface area contributed by atoms with Crippen molar-refractivity contribution in [2.45, 2.75) is 185 Å². The minimum Gasteiger partial charge on any atom is -0.494 e. The zero-order chi connectivity index (χ0) is 104. The van der Waals surface area contributed by atoms with Crippen LogP contribution in [0.1, 0.15) is 200 Å². The smallest absolute Gasteiger partial charge is 0.299 e. The third kappa shape index (κ3) is 22.2. The molecule has 4 aliphatic heterocycles. The number of imidazole rings is 4. The number of piperidine rings is 3. The van der Waals surface area contributed by atoms with Crippen molar-refractivity contribution in [2.24, 2.45) is 0 Å². The second-order valence-corrected chi connectivity index (χ2v) is 36.2. The van der Waals surface area contributed by atoms with Crippen LogP contribution < -0.4 is 33.2 Å². The lowest BCUT2D eigenvalue weighted by molar-refractivity contribution is -0.130. The third-order valence-corrected chi connectivity index (χ3v) is 27.0. The minimum atomic E-state index is -0.556. The Labute approximate surface area is 870 Å². The molecule has 0 radical (unpaired) electrons. The average Bonchev–Trinajstić information content (AvgIpc) is 1.60. The van der Waals surface area contributed by atoms with Crippen molar-refractivity contribution in [3.05, 3.63) is 319 Å². The van der Waals surface area contributed by atoms with Gasteiger partial charge in [0.2, 0.25) is 29.3 Å². The van der Waals surface area contributed by atoms with E-state index in [-0.39, 0.29) is 109 Å². The van der Waals surface area contributed by atoms with Gasteiger partial charge in [0.1, 0.15) is 46.3 Å². The Morgan fingerprint density at radius 3 is 1.05 bits per heavy atom. The van der Waals surface area contributed by atoms with Gasteiger partial charge >= 0.3 is 0 Å². The van der Waals surface area contributed by atoms with Crippen molar-refractivity contribution in [3.63, 3.8) is 0 Å². The van der Waals surface area contributed by atoms with E-state index in [4.69, 9.17) is 53.1 Å². The molecule has 0 spiro atoms. The van der Waals surface area contributed by atoms with E-state index in [1.165, 1.54) is 26.4 Å². The van der Waals surface area contributed by atoms with E-state index in [2.05, 4.69) is 70.0 Å². The van der Waals surface area contributed by atoms with Crippen LogP contribution in [0.3, 0.4) is 0 Å². The standard InChI is InChI=1S/C30H29FN4O3.C30H31FN4O2.C29H27FN4O3.C28H27FN4O3.2CH4/c1-5-9-26(36)34-17-7-6-10-23(34)30-33-28(29-20(3)32-18-19(2)35(29)30)21-13-15-22(16-14-21)38-25-12-8-11-24(37-4)27(25)31;1-5-21-10-9-12-25(27(21)31)37-23-15-13-22(14-16-23)28-29-20(4)32-18-19(3)35(29)30(33-28)24-11-7-8-17-34(24)26(36)6-2;1-4-8-26(35)33-16-6-5-9-22(33)29-32-28(23-18-31-17-19(2)34(23)29)20-12-14-21(15-13-20)37-25-11-7-10-24(36-3)27(25)30;1-4-18-8-6-10-23(26(18)29)36-20-13-11-19(12-14-20)27-22-16-30-17-25(35-3)33(22)28(31-27)21-9-7-15-32(21)24(34)5-2;;/h8,11-16,18,23H,6-7,10,17H2,1-4H3;6,9-10,12-16,18,24H,2,5,7-8,11,17H2,1,3-4H3;7,10-15,17-18,22H,5-6,9,16H2,1-3H3;5-6,8,10-14,16-17,21H,2,4,7,9,15H2,1,3H3;2*1H4/t23-;24-;22-;21-;;/m0000../s1. The summed E-state index contributed by atoms with van der Waals surface area (Å²) in [7, 11) is 4.41. The third-order valence-electron chi connectivity index (χ3n) is 27.0. The van der Waals surface area contributed by atoms with E-state index in [0.29, 0.717) is 90.5 Å². The highest BCUT2D eigenvalue weighted by molar-refractivity contribution is 5.95. The topological polar surface area (TPSA) is 267 Å². The van der Waals surface area contributed by atoms with Crippen LogP contribution in [0.25, 0.3) is 67.1 Å². The first-order chi connectivity index (χ1) is 71.9. The molecule has 27 nitrogen and oxygen atoms in total. The van der Waals surface area contributed by atoms with Crippen molar-refractivity contribution in [1.29, 1.82) is 0 Å². The monoisotopic (exact) mass is 2030 g/mol. The summed E-state index contributed by atoms with van der Waals surface area (Å²) < 4.78 is 106. The number of amides is 4. The summed E-state index contributed by atoms with van der Waals surface area (Å²) in [5.74, 6) is 15.0. The average molecular weight is 2030 g/mol. The quantitative estimate of drug-likeness (QED) is 0.0327. The fourth-order valence-corrected chi connectivity index (χ4v) is 19.7. The number of carbonyl (C=O) groups is 4. The van der Waals surface area contributed by atoms with Gasteiger partial charge in [0.25, 0.3) is 11.8 Å². The van der Waals surface area contributed by atoms with Crippen LogP contribution in [0.15, 0.2) is 232 Å². The molecule has 0 bridgehead atoms. The highest BCUT2D eigenvalue weighted by Crippen LogP contribution is 2.45. The summed E-state index contributed by atoms with van der Waals surface area (Å²) in [6.45, 7) is 27.1. The lowest BCUT2D eigenvalue weighted by Crippen LogP contribution is -2.38. The number of ether oxygens (including phenoxy) is 7.